The van der Waals surface area contributed by atoms with E-state index >= 15 is 0 Å². The van der Waals surface area contributed by atoms with E-state index in [0.717, 1.165) is 29.5 Å². The number of sulfonamides is 1. The minimum atomic E-state index is -3.53. The highest BCUT2D eigenvalue weighted by molar-refractivity contribution is 7.89. The van der Waals surface area contributed by atoms with Crippen LogP contribution in [0.2, 0.25) is 0 Å². The van der Waals surface area contributed by atoms with Crippen molar-refractivity contribution >= 4 is 16.1 Å². The monoisotopic (exact) mass is 395 g/mol. The Balaban J connectivity index is 1.92. The molecule has 0 bridgehead atoms. The fourth-order valence-electron chi connectivity index (χ4n) is 3.63. The smallest absolute Gasteiger partial charge is 0.317 e. The number of piperidine rings is 1. The van der Waals surface area contributed by atoms with Crippen molar-refractivity contribution in [2.45, 2.75) is 64.8 Å². The van der Waals surface area contributed by atoms with Crippen molar-refractivity contribution < 1.29 is 13.2 Å². The Morgan fingerprint density at radius 3 is 2.11 bits per heavy atom. The molecule has 6 nitrogen and oxygen atoms in total. The topological polar surface area (TPSA) is 78.5 Å². The van der Waals surface area contributed by atoms with Crippen molar-refractivity contribution in [3.63, 3.8) is 0 Å². The van der Waals surface area contributed by atoms with Gasteiger partial charge >= 0.3 is 6.03 Å². The second kappa shape index (κ2) is 8.19. The Kier molecular flexibility index (Phi) is 6.58. The van der Waals surface area contributed by atoms with Crippen molar-refractivity contribution in [3.8, 4) is 0 Å². The van der Waals surface area contributed by atoms with Gasteiger partial charge in [-0.2, -0.15) is 0 Å². The third-order valence-corrected chi connectivity index (χ3v) is 6.55. The van der Waals surface area contributed by atoms with Gasteiger partial charge in [-0.25, -0.2) is 17.9 Å². The molecule has 2 amide bonds. The molecular weight excluding hydrogens is 362 g/mol. The van der Waals surface area contributed by atoms with Gasteiger partial charge in [-0.15, -0.1) is 0 Å². The zero-order valence-electron chi connectivity index (χ0n) is 17.3. The van der Waals surface area contributed by atoms with E-state index in [1.807, 2.05) is 58.6 Å². The summed E-state index contributed by atoms with van der Waals surface area (Å²) in [5.74, 6) is 0.240. The van der Waals surface area contributed by atoms with Crippen LogP contribution in [0.5, 0.6) is 0 Å². The zero-order valence-corrected chi connectivity index (χ0v) is 18.2. The fourth-order valence-corrected chi connectivity index (χ4v) is 5.20. The molecule has 27 heavy (non-hydrogen) atoms. The number of benzene rings is 1. The molecule has 1 aromatic carbocycles. The van der Waals surface area contributed by atoms with Crippen LogP contribution in [-0.4, -0.2) is 44.5 Å². The van der Waals surface area contributed by atoms with E-state index in [1.54, 1.807) is 0 Å². The lowest BCUT2D eigenvalue weighted by Crippen LogP contribution is -2.51. The Labute approximate surface area is 163 Å². The Bertz CT molecular complexity index is 766. The minimum absolute atomic E-state index is 0.0487. The second-order valence-corrected chi connectivity index (χ2v) is 10.4. The number of hydrogen-bond donors (Lipinski definition) is 2. The van der Waals surface area contributed by atoms with Crippen LogP contribution in [0.25, 0.3) is 0 Å². The summed E-state index contributed by atoms with van der Waals surface area (Å²) in [6.07, 6.45) is 1.60. The van der Waals surface area contributed by atoms with Gasteiger partial charge in [0.05, 0.1) is 4.90 Å². The van der Waals surface area contributed by atoms with E-state index in [2.05, 4.69) is 10.0 Å². The minimum Gasteiger partial charge on any atom is -0.333 e. The van der Waals surface area contributed by atoms with E-state index in [9.17, 15) is 13.2 Å². The molecule has 152 valence electrons. The van der Waals surface area contributed by atoms with Crippen LogP contribution in [-0.2, 0) is 10.0 Å². The van der Waals surface area contributed by atoms with E-state index in [1.165, 1.54) is 0 Å². The number of hydrogen-bond acceptors (Lipinski definition) is 3. The predicted molar refractivity (Wildman–Crippen MR) is 108 cm³/mol. The molecule has 1 saturated heterocycles. The number of likely N-dealkylation sites (tertiary alicyclic amines) is 1. The van der Waals surface area contributed by atoms with Gasteiger partial charge in [0.15, 0.2) is 0 Å². The summed E-state index contributed by atoms with van der Waals surface area (Å²) in [5, 5.41) is 2.97. The van der Waals surface area contributed by atoms with Crippen molar-refractivity contribution in [1.82, 2.24) is 14.9 Å². The molecule has 0 atom stereocenters. The third-order valence-electron chi connectivity index (χ3n) is 4.82. The molecule has 0 aromatic heterocycles. The molecule has 0 saturated carbocycles. The molecule has 2 N–H and O–H groups in total. The van der Waals surface area contributed by atoms with Gasteiger partial charge in [-0.05, 0) is 71.4 Å². The van der Waals surface area contributed by atoms with Crippen LogP contribution >= 0.6 is 0 Å². The Hall–Kier alpha value is -1.60. The standard InChI is InChI=1S/C20H33N3O3S/c1-14-11-15(2)18(16(3)12-14)27(25,26)21-13-17-7-9-23(10-8-17)19(24)22-20(4,5)6/h11-12,17,21H,7-10,13H2,1-6H3,(H,22,24). The first-order valence-electron chi connectivity index (χ1n) is 9.53. The SMILES string of the molecule is Cc1cc(C)c(S(=O)(=O)NCC2CCN(C(=O)NC(C)(C)C)CC2)c(C)c1. The molecule has 0 spiro atoms. The number of nitrogens with zero attached hydrogens (tertiary/aromatic N) is 1. The average molecular weight is 396 g/mol. The van der Waals surface area contributed by atoms with Crippen molar-refractivity contribution in [2.24, 2.45) is 5.92 Å². The molecule has 1 fully saturated rings. The van der Waals surface area contributed by atoms with Gasteiger partial charge < -0.3 is 10.2 Å². The van der Waals surface area contributed by atoms with Crippen molar-refractivity contribution in [3.05, 3.63) is 28.8 Å². The van der Waals surface area contributed by atoms with E-state index < -0.39 is 10.0 Å². The van der Waals surface area contributed by atoms with Gasteiger partial charge in [0.2, 0.25) is 10.0 Å². The highest BCUT2D eigenvalue weighted by Gasteiger charge is 2.27. The third kappa shape index (κ3) is 5.94. The van der Waals surface area contributed by atoms with E-state index in [4.69, 9.17) is 0 Å². The summed E-state index contributed by atoms with van der Waals surface area (Å²) >= 11 is 0. The molecule has 1 aliphatic rings. The molecule has 0 unspecified atom stereocenters. The number of carbonyl (C=O) groups excluding carboxylic acids is 1. The summed E-state index contributed by atoms with van der Waals surface area (Å²) in [7, 11) is -3.53. The summed E-state index contributed by atoms with van der Waals surface area (Å²) in [6.45, 7) is 13.2. The first kappa shape index (κ1) is 21.7. The summed E-state index contributed by atoms with van der Waals surface area (Å²) in [6, 6.07) is 3.74. The maximum absolute atomic E-state index is 12.8. The fraction of sp³-hybridized carbons (Fsp3) is 0.650. The normalized spacial score (nSPS) is 16.4. The number of carbonyl (C=O) groups is 1. The number of amides is 2. The number of aryl methyl sites for hydroxylation is 3. The molecule has 0 radical (unpaired) electrons. The maximum atomic E-state index is 12.8. The van der Waals surface area contributed by atoms with E-state index in [0.29, 0.717) is 24.5 Å². The van der Waals surface area contributed by atoms with Gasteiger partial charge in [0.25, 0.3) is 0 Å². The Morgan fingerprint density at radius 1 is 1.11 bits per heavy atom. The number of urea groups is 1. The van der Waals surface area contributed by atoms with Gasteiger partial charge in [-0.1, -0.05) is 17.7 Å². The van der Waals surface area contributed by atoms with E-state index in [-0.39, 0.29) is 17.5 Å². The summed E-state index contributed by atoms with van der Waals surface area (Å²) in [5.41, 5.74) is 2.35. The van der Waals surface area contributed by atoms with Crippen LogP contribution < -0.4 is 10.0 Å². The highest BCUT2D eigenvalue weighted by Crippen LogP contribution is 2.23. The van der Waals surface area contributed by atoms with Gasteiger partial charge in [0, 0.05) is 25.2 Å². The molecule has 1 heterocycles. The lowest BCUT2D eigenvalue weighted by molar-refractivity contribution is 0.163. The van der Waals surface area contributed by atoms with Crippen LogP contribution in [0.1, 0.15) is 50.3 Å². The molecule has 0 aliphatic carbocycles. The van der Waals surface area contributed by atoms with Crippen molar-refractivity contribution in [1.29, 1.82) is 0 Å². The molecular formula is C20H33N3O3S. The van der Waals surface area contributed by atoms with Crippen LogP contribution in [0, 0.1) is 26.7 Å². The highest BCUT2D eigenvalue weighted by atomic mass is 32.2. The van der Waals surface area contributed by atoms with Crippen LogP contribution in [0.15, 0.2) is 17.0 Å². The van der Waals surface area contributed by atoms with Gasteiger partial charge in [0.1, 0.15) is 0 Å². The second-order valence-electron chi connectivity index (χ2n) is 8.69. The first-order valence-corrected chi connectivity index (χ1v) is 11.0. The summed E-state index contributed by atoms with van der Waals surface area (Å²) in [4.78, 5) is 14.4. The molecule has 2 rings (SSSR count). The first-order chi connectivity index (χ1) is 12.4. The van der Waals surface area contributed by atoms with Gasteiger partial charge in [-0.3, -0.25) is 0 Å². The predicted octanol–water partition coefficient (Wildman–Crippen LogP) is 3.11. The Morgan fingerprint density at radius 2 is 1.63 bits per heavy atom. The lowest BCUT2D eigenvalue weighted by atomic mass is 9.97. The van der Waals surface area contributed by atoms with Crippen LogP contribution in [0.4, 0.5) is 4.79 Å². The number of rotatable bonds is 4. The largest absolute Gasteiger partial charge is 0.333 e. The molecule has 1 aliphatic heterocycles. The lowest BCUT2D eigenvalue weighted by Gasteiger charge is -2.34. The molecule has 7 heteroatoms. The molecule has 1 aromatic rings. The maximum Gasteiger partial charge on any atom is 0.317 e. The average Bonchev–Trinajstić information content (AvgIpc) is 2.50. The summed E-state index contributed by atoms with van der Waals surface area (Å²) < 4.78 is 28.3. The number of nitrogens with one attached hydrogen (secondary N) is 2. The zero-order chi connectivity index (χ0) is 20.4. The van der Waals surface area contributed by atoms with Crippen LogP contribution in [0.3, 0.4) is 0 Å². The van der Waals surface area contributed by atoms with Crippen molar-refractivity contribution in [2.75, 3.05) is 19.6 Å². The quantitative estimate of drug-likeness (QED) is 0.822.